The van der Waals surface area contributed by atoms with Crippen molar-refractivity contribution in [2.24, 2.45) is 0 Å². The average molecular weight is 293 g/mol. The zero-order chi connectivity index (χ0) is 14.3. The van der Waals surface area contributed by atoms with Gasteiger partial charge >= 0.3 is 0 Å². The van der Waals surface area contributed by atoms with Gasteiger partial charge in [0.25, 0.3) is 0 Å². The normalized spacial score (nSPS) is 11.2. The zero-order valence-electron chi connectivity index (χ0n) is 10.7. The monoisotopic (exact) mass is 292 g/mol. The Morgan fingerprint density at radius 2 is 2.00 bits per heavy atom. The van der Waals surface area contributed by atoms with E-state index in [1.54, 1.807) is 22.8 Å². The molecular formula is C15H11ClF2N2. The van der Waals surface area contributed by atoms with Gasteiger partial charge in [-0.2, -0.15) is 0 Å². The third-order valence-corrected chi connectivity index (χ3v) is 3.48. The van der Waals surface area contributed by atoms with Crippen LogP contribution < -0.4 is 0 Å². The molecule has 0 saturated carbocycles. The first-order chi connectivity index (χ1) is 9.61. The van der Waals surface area contributed by atoms with Crippen molar-refractivity contribution < 1.29 is 8.78 Å². The molecule has 0 N–H and O–H groups in total. The highest BCUT2D eigenvalue weighted by atomic mass is 35.5. The smallest absolute Gasteiger partial charge is 0.151 e. The lowest BCUT2D eigenvalue weighted by atomic mass is 10.2. The van der Waals surface area contributed by atoms with Crippen molar-refractivity contribution in [3.05, 3.63) is 59.4 Å². The predicted octanol–water partition coefficient (Wildman–Crippen LogP) is 4.35. The molecule has 0 atom stereocenters. The van der Waals surface area contributed by atoms with Crippen LogP contribution in [0.15, 0.2) is 36.4 Å². The fourth-order valence-electron chi connectivity index (χ4n) is 2.30. The number of hydrogen-bond donors (Lipinski definition) is 0. The van der Waals surface area contributed by atoms with Gasteiger partial charge in [-0.3, -0.25) is 4.57 Å². The molecular weight excluding hydrogens is 282 g/mol. The molecule has 0 spiro atoms. The Morgan fingerprint density at radius 1 is 1.20 bits per heavy atom. The van der Waals surface area contributed by atoms with Gasteiger partial charge in [0.2, 0.25) is 0 Å². The molecule has 102 valence electrons. The Balaban J connectivity index is 2.40. The number of hydrogen-bond acceptors (Lipinski definition) is 1. The third-order valence-electron chi connectivity index (χ3n) is 3.24. The SMILES string of the molecule is Cc1ccc(F)cc1-n1c(CCl)nc2c(F)cccc21. The van der Waals surface area contributed by atoms with Crippen molar-refractivity contribution >= 4 is 22.6 Å². The van der Waals surface area contributed by atoms with Crippen LogP contribution in [0.4, 0.5) is 8.78 Å². The summed E-state index contributed by atoms with van der Waals surface area (Å²) in [5.74, 6) is -0.170. The largest absolute Gasteiger partial charge is 0.295 e. The molecule has 3 aromatic rings. The fourth-order valence-corrected chi connectivity index (χ4v) is 2.47. The number of nitrogens with zero attached hydrogens (tertiary/aromatic N) is 2. The summed E-state index contributed by atoms with van der Waals surface area (Å²) in [7, 11) is 0. The number of halogens is 3. The first kappa shape index (κ1) is 13.1. The van der Waals surface area contributed by atoms with Crippen molar-refractivity contribution in [2.75, 3.05) is 0 Å². The van der Waals surface area contributed by atoms with Gasteiger partial charge in [-0.1, -0.05) is 12.1 Å². The molecule has 0 aliphatic heterocycles. The number of para-hydroxylation sites is 1. The topological polar surface area (TPSA) is 17.8 Å². The standard InChI is InChI=1S/C15H11ClF2N2/c1-9-5-6-10(17)7-13(9)20-12-4-2-3-11(18)15(12)19-14(20)8-16/h2-7H,8H2,1H3. The van der Waals surface area contributed by atoms with Gasteiger partial charge < -0.3 is 0 Å². The van der Waals surface area contributed by atoms with Gasteiger partial charge in [0.15, 0.2) is 5.82 Å². The quantitative estimate of drug-likeness (QED) is 0.642. The van der Waals surface area contributed by atoms with Gasteiger partial charge in [0.05, 0.1) is 17.1 Å². The number of imidazole rings is 1. The number of aromatic nitrogens is 2. The molecule has 0 aliphatic rings. The molecule has 0 aliphatic carbocycles. The Labute approximate surface area is 119 Å². The molecule has 1 aromatic heterocycles. The fraction of sp³-hybridized carbons (Fsp3) is 0.133. The molecule has 2 aromatic carbocycles. The van der Waals surface area contributed by atoms with Crippen LogP contribution in [0.1, 0.15) is 11.4 Å². The first-order valence-corrected chi connectivity index (χ1v) is 6.63. The molecule has 0 unspecified atom stereocenters. The molecule has 0 amide bonds. The lowest BCUT2D eigenvalue weighted by Gasteiger charge is -2.11. The molecule has 5 heteroatoms. The maximum Gasteiger partial charge on any atom is 0.151 e. The van der Waals surface area contributed by atoms with Crippen LogP contribution in [-0.4, -0.2) is 9.55 Å². The number of alkyl halides is 1. The van der Waals surface area contributed by atoms with Gasteiger partial charge in [-0.05, 0) is 36.8 Å². The van der Waals surface area contributed by atoms with E-state index in [-0.39, 0.29) is 17.2 Å². The summed E-state index contributed by atoms with van der Waals surface area (Å²) in [5.41, 5.74) is 2.30. The van der Waals surface area contributed by atoms with Crippen LogP contribution in [0.5, 0.6) is 0 Å². The number of rotatable bonds is 2. The van der Waals surface area contributed by atoms with E-state index >= 15 is 0 Å². The minimum absolute atomic E-state index is 0.115. The van der Waals surface area contributed by atoms with Crippen LogP contribution in [0.25, 0.3) is 16.7 Å². The number of aryl methyl sites for hydroxylation is 1. The highest BCUT2D eigenvalue weighted by Crippen LogP contribution is 2.26. The van der Waals surface area contributed by atoms with E-state index in [1.807, 2.05) is 6.92 Å². The van der Waals surface area contributed by atoms with Crippen molar-refractivity contribution in [3.8, 4) is 5.69 Å². The molecule has 0 saturated heterocycles. The summed E-state index contributed by atoms with van der Waals surface area (Å²) >= 11 is 5.90. The van der Waals surface area contributed by atoms with Gasteiger partial charge in [-0.15, -0.1) is 11.6 Å². The summed E-state index contributed by atoms with van der Waals surface area (Å²) in [6, 6.07) is 9.15. The lowest BCUT2D eigenvalue weighted by Crippen LogP contribution is -2.02. The molecule has 1 heterocycles. The third kappa shape index (κ3) is 1.96. The summed E-state index contributed by atoms with van der Waals surface area (Å²) in [6.45, 7) is 1.86. The van der Waals surface area contributed by atoms with E-state index < -0.39 is 5.82 Å². The molecule has 0 radical (unpaired) electrons. The second-order valence-corrected chi connectivity index (χ2v) is 4.80. The summed E-state index contributed by atoms with van der Waals surface area (Å²) in [4.78, 5) is 4.21. The van der Waals surface area contributed by atoms with Crippen molar-refractivity contribution in [2.45, 2.75) is 12.8 Å². The lowest BCUT2D eigenvalue weighted by molar-refractivity contribution is 0.626. The maximum absolute atomic E-state index is 13.8. The van der Waals surface area contributed by atoms with Gasteiger partial charge in [0, 0.05) is 0 Å². The predicted molar refractivity (Wildman–Crippen MR) is 75.3 cm³/mol. The minimum atomic E-state index is -0.415. The molecule has 0 bridgehead atoms. The second kappa shape index (κ2) is 4.87. The van der Waals surface area contributed by atoms with Gasteiger partial charge in [-0.25, -0.2) is 13.8 Å². The van der Waals surface area contributed by atoms with Crippen LogP contribution in [0.3, 0.4) is 0 Å². The number of fused-ring (bicyclic) bond motifs is 1. The van der Waals surface area contributed by atoms with E-state index in [0.717, 1.165) is 5.56 Å². The first-order valence-electron chi connectivity index (χ1n) is 6.10. The molecule has 20 heavy (non-hydrogen) atoms. The Bertz CT molecular complexity index is 796. The van der Waals surface area contributed by atoms with Crippen LogP contribution in [-0.2, 0) is 5.88 Å². The molecule has 0 fully saturated rings. The highest BCUT2D eigenvalue weighted by molar-refractivity contribution is 6.17. The maximum atomic E-state index is 13.8. The second-order valence-electron chi connectivity index (χ2n) is 4.54. The van der Waals surface area contributed by atoms with Gasteiger partial charge in [0.1, 0.15) is 17.2 Å². The Morgan fingerprint density at radius 3 is 2.75 bits per heavy atom. The van der Waals surface area contributed by atoms with Crippen molar-refractivity contribution in [1.82, 2.24) is 9.55 Å². The Hall–Kier alpha value is -1.94. The van der Waals surface area contributed by atoms with Crippen LogP contribution >= 0.6 is 11.6 Å². The van der Waals surface area contributed by atoms with E-state index in [2.05, 4.69) is 4.98 Å². The summed E-state index contributed by atoms with van der Waals surface area (Å²) in [6.07, 6.45) is 0. The van der Waals surface area contributed by atoms with Crippen molar-refractivity contribution in [1.29, 1.82) is 0 Å². The summed E-state index contributed by atoms with van der Waals surface area (Å²) < 4.78 is 29.0. The van der Waals surface area contributed by atoms with Crippen molar-refractivity contribution in [3.63, 3.8) is 0 Å². The van der Waals surface area contributed by atoms with Crippen LogP contribution in [0.2, 0.25) is 0 Å². The molecule has 3 rings (SSSR count). The zero-order valence-corrected chi connectivity index (χ0v) is 11.5. The minimum Gasteiger partial charge on any atom is -0.295 e. The van der Waals surface area contributed by atoms with E-state index in [4.69, 9.17) is 11.6 Å². The van der Waals surface area contributed by atoms with E-state index in [1.165, 1.54) is 18.2 Å². The van der Waals surface area contributed by atoms with E-state index in [9.17, 15) is 8.78 Å². The average Bonchev–Trinajstić information content (AvgIpc) is 2.81. The highest BCUT2D eigenvalue weighted by Gasteiger charge is 2.16. The Kier molecular flexibility index (Phi) is 3.18. The molecule has 2 nitrogen and oxygen atoms in total. The van der Waals surface area contributed by atoms with E-state index in [0.29, 0.717) is 17.0 Å². The summed E-state index contributed by atoms with van der Waals surface area (Å²) in [5, 5.41) is 0. The number of benzene rings is 2. The van der Waals surface area contributed by atoms with Crippen LogP contribution in [0, 0.1) is 18.6 Å².